The molecule has 0 spiro atoms. The summed E-state index contributed by atoms with van der Waals surface area (Å²) in [5, 5.41) is 2.70. The van der Waals surface area contributed by atoms with E-state index in [-0.39, 0.29) is 11.7 Å². The van der Waals surface area contributed by atoms with Gasteiger partial charge in [-0.05, 0) is 51.8 Å². The number of anilines is 1. The number of hydrogen-bond donors (Lipinski definition) is 1. The molecule has 0 radical (unpaired) electrons. The second-order valence-corrected chi connectivity index (χ2v) is 5.04. The molecule has 19 heavy (non-hydrogen) atoms. The molecule has 0 atom stereocenters. The molecule has 0 aliphatic rings. The maximum absolute atomic E-state index is 13.1. The highest BCUT2D eigenvalue weighted by Crippen LogP contribution is 2.20. The minimum Gasteiger partial charge on any atom is -0.322 e. The van der Waals surface area contributed by atoms with Gasteiger partial charge in [0.2, 0.25) is 0 Å². The molecular formula is C14H10BrClFNO. The zero-order valence-corrected chi connectivity index (χ0v) is 12.1. The molecule has 1 amide bonds. The molecule has 2 nitrogen and oxygen atoms in total. The third-order valence-electron chi connectivity index (χ3n) is 2.52. The maximum Gasteiger partial charge on any atom is 0.255 e. The summed E-state index contributed by atoms with van der Waals surface area (Å²) in [4.78, 5) is 12.0. The number of nitrogens with one attached hydrogen (secondary N) is 1. The van der Waals surface area contributed by atoms with E-state index < -0.39 is 0 Å². The second-order valence-electron chi connectivity index (χ2n) is 3.92. The molecule has 2 aromatic carbocycles. The molecule has 0 bridgehead atoms. The molecule has 1 N–H and O–H groups in total. The average molecular weight is 343 g/mol. The van der Waals surface area contributed by atoms with Gasteiger partial charge in [-0.3, -0.25) is 4.79 Å². The summed E-state index contributed by atoms with van der Waals surface area (Å²) in [6.45, 7) is 0. The van der Waals surface area contributed by atoms with Crippen molar-refractivity contribution in [2.75, 3.05) is 5.32 Å². The van der Waals surface area contributed by atoms with E-state index in [1.807, 2.05) is 6.07 Å². The molecule has 0 heterocycles. The highest BCUT2D eigenvalue weighted by atomic mass is 79.9. The van der Waals surface area contributed by atoms with E-state index in [2.05, 4.69) is 21.2 Å². The number of carbonyl (C=O) groups is 1. The van der Waals surface area contributed by atoms with Crippen molar-refractivity contribution in [2.24, 2.45) is 0 Å². The fourth-order valence-electron chi connectivity index (χ4n) is 1.57. The van der Waals surface area contributed by atoms with Gasteiger partial charge < -0.3 is 5.32 Å². The Labute approximate surface area is 123 Å². The molecule has 98 valence electrons. The van der Waals surface area contributed by atoms with Crippen LogP contribution in [0.25, 0.3) is 0 Å². The van der Waals surface area contributed by atoms with Gasteiger partial charge >= 0.3 is 0 Å². The van der Waals surface area contributed by atoms with Crippen molar-refractivity contribution in [3.05, 3.63) is 63.9 Å². The van der Waals surface area contributed by atoms with E-state index in [0.29, 0.717) is 21.6 Å². The highest BCUT2D eigenvalue weighted by molar-refractivity contribution is 9.10. The smallest absolute Gasteiger partial charge is 0.255 e. The molecule has 0 fully saturated rings. The number of carbonyl (C=O) groups excluding carboxylic acids is 1. The Morgan fingerprint density at radius 2 is 2.05 bits per heavy atom. The van der Waals surface area contributed by atoms with Crippen LogP contribution in [-0.4, -0.2) is 5.91 Å². The molecule has 0 unspecified atom stereocenters. The Morgan fingerprint density at radius 3 is 2.74 bits per heavy atom. The Morgan fingerprint density at radius 1 is 1.26 bits per heavy atom. The Bertz CT molecular complexity index is 618. The van der Waals surface area contributed by atoms with E-state index in [1.165, 1.54) is 18.2 Å². The standard InChI is InChI=1S/C14H10BrClFNO/c15-12-7-11(4-5-13(12)17)18-14(19)10-3-1-2-9(6-10)8-16/h1-7H,8H2,(H,18,19). The van der Waals surface area contributed by atoms with Gasteiger partial charge in [-0.25, -0.2) is 4.39 Å². The van der Waals surface area contributed by atoms with Gasteiger partial charge in [0.25, 0.3) is 5.91 Å². The van der Waals surface area contributed by atoms with Gasteiger partial charge in [-0.15, -0.1) is 11.6 Å². The van der Waals surface area contributed by atoms with Crippen LogP contribution in [-0.2, 0) is 5.88 Å². The first-order valence-electron chi connectivity index (χ1n) is 5.51. The van der Waals surface area contributed by atoms with Gasteiger partial charge in [0.15, 0.2) is 0 Å². The number of halogens is 3. The zero-order valence-electron chi connectivity index (χ0n) is 9.79. The fourth-order valence-corrected chi connectivity index (χ4v) is 2.12. The number of rotatable bonds is 3. The van der Waals surface area contributed by atoms with E-state index in [4.69, 9.17) is 11.6 Å². The van der Waals surface area contributed by atoms with Gasteiger partial charge in [-0.2, -0.15) is 0 Å². The third-order valence-corrected chi connectivity index (χ3v) is 3.44. The number of hydrogen-bond acceptors (Lipinski definition) is 1. The van der Waals surface area contributed by atoms with Crippen LogP contribution in [0, 0.1) is 5.82 Å². The molecule has 0 saturated carbocycles. The van der Waals surface area contributed by atoms with Crippen LogP contribution in [0.1, 0.15) is 15.9 Å². The van der Waals surface area contributed by atoms with Crippen molar-refractivity contribution in [3.63, 3.8) is 0 Å². The van der Waals surface area contributed by atoms with Crippen LogP contribution in [0.15, 0.2) is 46.9 Å². The van der Waals surface area contributed by atoms with Crippen LogP contribution < -0.4 is 5.32 Å². The zero-order chi connectivity index (χ0) is 13.8. The van der Waals surface area contributed by atoms with E-state index in [9.17, 15) is 9.18 Å². The molecule has 0 aliphatic carbocycles. The van der Waals surface area contributed by atoms with Gasteiger partial charge in [0, 0.05) is 17.1 Å². The Hall–Kier alpha value is -1.39. The van der Waals surface area contributed by atoms with Crippen molar-refractivity contribution in [2.45, 2.75) is 5.88 Å². The first-order valence-corrected chi connectivity index (χ1v) is 6.84. The average Bonchev–Trinajstić information content (AvgIpc) is 2.43. The highest BCUT2D eigenvalue weighted by Gasteiger charge is 2.08. The van der Waals surface area contributed by atoms with Crippen LogP contribution in [0.4, 0.5) is 10.1 Å². The molecule has 0 aliphatic heterocycles. The lowest BCUT2D eigenvalue weighted by Gasteiger charge is -2.07. The fraction of sp³-hybridized carbons (Fsp3) is 0.0714. The van der Waals surface area contributed by atoms with Crippen LogP contribution in [0.5, 0.6) is 0 Å². The van der Waals surface area contributed by atoms with Gasteiger partial charge in [0.05, 0.1) is 4.47 Å². The van der Waals surface area contributed by atoms with Crippen molar-refractivity contribution < 1.29 is 9.18 Å². The molecule has 0 aromatic heterocycles. The summed E-state index contributed by atoms with van der Waals surface area (Å²) in [6.07, 6.45) is 0. The van der Waals surface area contributed by atoms with Gasteiger partial charge in [0.1, 0.15) is 5.82 Å². The van der Waals surface area contributed by atoms with E-state index in [0.717, 1.165) is 5.56 Å². The molecule has 2 aromatic rings. The summed E-state index contributed by atoms with van der Waals surface area (Å²) in [5.74, 6) is -0.281. The van der Waals surface area contributed by atoms with Crippen LogP contribution in [0.2, 0.25) is 0 Å². The Kier molecular flexibility index (Phi) is 4.56. The molecular weight excluding hydrogens is 333 g/mol. The summed E-state index contributed by atoms with van der Waals surface area (Å²) in [5.41, 5.74) is 1.91. The summed E-state index contributed by atoms with van der Waals surface area (Å²) < 4.78 is 13.4. The second kappa shape index (κ2) is 6.17. The summed E-state index contributed by atoms with van der Waals surface area (Å²) >= 11 is 8.79. The largest absolute Gasteiger partial charge is 0.322 e. The normalized spacial score (nSPS) is 10.3. The lowest BCUT2D eigenvalue weighted by Crippen LogP contribution is -2.12. The number of amides is 1. The monoisotopic (exact) mass is 341 g/mol. The predicted molar refractivity (Wildman–Crippen MR) is 78.1 cm³/mol. The van der Waals surface area contributed by atoms with E-state index >= 15 is 0 Å². The summed E-state index contributed by atoms with van der Waals surface area (Å²) in [7, 11) is 0. The van der Waals surface area contributed by atoms with Gasteiger partial charge in [-0.1, -0.05) is 12.1 Å². The van der Waals surface area contributed by atoms with Crippen molar-refractivity contribution >= 4 is 39.1 Å². The predicted octanol–water partition coefficient (Wildman–Crippen LogP) is 4.58. The number of benzene rings is 2. The topological polar surface area (TPSA) is 29.1 Å². The van der Waals surface area contributed by atoms with Crippen LogP contribution >= 0.6 is 27.5 Å². The SMILES string of the molecule is O=C(Nc1ccc(F)c(Br)c1)c1cccc(CCl)c1. The minimum atomic E-state index is -0.373. The van der Waals surface area contributed by atoms with E-state index in [1.54, 1.807) is 18.2 Å². The first-order chi connectivity index (χ1) is 9.10. The first kappa shape index (κ1) is 14.0. The molecule has 5 heteroatoms. The molecule has 2 rings (SSSR count). The maximum atomic E-state index is 13.1. The summed E-state index contributed by atoms with van der Waals surface area (Å²) in [6, 6.07) is 11.3. The van der Waals surface area contributed by atoms with Crippen molar-refractivity contribution in [3.8, 4) is 0 Å². The minimum absolute atomic E-state index is 0.259. The molecule has 0 saturated heterocycles. The van der Waals surface area contributed by atoms with Crippen LogP contribution in [0.3, 0.4) is 0 Å². The number of alkyl halides is 1. The quantitative estimate of drug-likeness (QED) is 0.813. The van der Waals surface area contributed by atoms with Crippen molar-refractivity contribution in [1.82, 2.24) is 0 Å². The third kappa shape index (κ3) is 3.55. The Balaban J connectivity index is 2.18. The van der Waals surface area contributed by atoms with Crippen molar-refractivity contribution in [1.29, 1.82) is 0 Å². The lowest BCUT2D eigenvalue weighted by molar-refractivity contribution is 0.102. The lowest BCUT2D eigenvalue weighted by atomic mass is 10.1.